The number of ether oxygens (including phenoxy) is 1. The molecule has 1 rings (SSSR count). The van der Waals surface area contributed by atoms with Gasteiger partial charge in [-0.05, 0) is 26.0 Å². The number of carbonyl (C=O) groups excluding carboxylic acids is 1. The summed E-state index contributed by atoms with van der Waals surface area (Å²) in [6, 6.07) is 8.07. The Bertz CT molecular complexity index is 306. The third-order valence-electron chi connectivity index (χ3n) is 2.02. The molecule has 1 aromatic rings. The molecule has 3 heteroatoms. The molecule has 1 aromatic carbocycles. The molecule has 0 saturated carbocycles. The van der Waals surface area contributed by atoms with E-state index in [-0.39, 0.29) is 5.97 Å². The molecule has 0 unspecified atom stereocenters. The zero-order valence-electron chi connectivity index (χ0n) is 9.25. The lowest BCUT2D eigenvalue weighted by molar-refractivity contribution is -0.142. The summed E-state index contributed by atoms with van der Waals surface area (Å²) in [4.78, 5) is 11.0. The fourth-order valence-corrected chi connectivity index (χ4v) is 1.21. The molecule has 0 heterocycles. The minimum Gasteiger partial charge on any atom is -0.466 e. The zero-order chi connectivity index (χ0) is 11.1. The third-order valence-corrected chi connectivity index (χ3v) is 2.02. The van der Waals surface area contributed by atoms with Gasteiger partial charge in [-0.15, -0.1) is 0 Å². The maximum absolute atomic E-state index is 11.0. The second-order valence-corrected chi connectivity index (χ2v) is 3.35. The molecule has 3 nitrogen and oxygen atoms in total. The van der Waals surface area contributed by atoms with Gasteiger partial charge in [0.25, 0.3) is 0 Å². The number of carbonyl (C=O) groups is 1. The molecule has 1 N–H and O–H groups in total. The van der Waals surface area contributed by atoms with E-state index >= 15 is 0 Å². The lowest BCUT2D eigenvalue weighted by Crippen LogP contribution is -2.11. The molecule has 0 aromatic heterocycles. The lowest BCUT2D eigenvalue weighted by Gasteiger charge is -2.06. The van der Waals surface area contributed by atoms with Gasteiger partial charge in [0.2, 0.25) is 0 Å². The Kier molecular flexibility index (Phi) is 4.68. The summed E-state index contributed by atoms with van der Waals surface area (Å²) in [6.45, 7) is 4.92. The molecule has 0 aliphatic carbocycles. The van der Waals surface area contributed by atoms with E-state index in [9.17, 15) is 4.79 Å². The highest BCUT2D eigenvalue weighted by molar-refractivity contribution is 5.70. The number of rotatable bonds is 5. The van der Waals surface area contributed by atoms with Crippen molar-refractivity contribution in [2.75, 3.05) is 18.5 Å². The molecule has 0 amide bonds. The highest BCUT2D eigenvalue weighted by Gasteiger charge is 2.00. The summed E-state index contributed by atoms with van der Waals surface area (Å²) in [5.41, 5.74) is 2.26. The average Bonchev–Trinajstić information content (AvgIpc) is 2.21. The van der Waals surface area contributed by atoms with E-state index < -0.39 is 0 Å². The molecule has 0 fully saturated rings. The van der Waals surface area contributed by atoms with Gasteiger partial charge in [-0.3, -0.25) is 4.79 Å². The van der Waals surface area contributed by atoms with Crippen LogP contribution in [0.4, 0.5) is 5.69 Å². The number of hydrogen-bond donors (Lipinski definition) is 1. The van der Waals surface area contributed by atoms with Crippen molar-refractivity contribution in [1.29, 1.82) is 0 Å². The Morgan fingerprint density at radius 3 is 2.60 bits per heavy atom. The van der Waals surface area contributed by atoms with Crippen molar-refractivity contribution in [2.45, 2.75) is 20.3 Å². The number of esters is 1. The Labute approximate surface area is 90.4 Å². The quantitative estimate of drug-likeness (QED) is 0.753. The van der Waals surface area contributed by atoms with Crippen LogP contribution in [0.25, 0.3) is 0 Å². The van der Waals surface area contributed by atoms with Crippen LogP contribution < -0.4 is 5.32 Å². The first-order chi connectivity index (χ1) is 7.22. The van der Waals surface area contributed by atoms with Gasteiger partial charge in [-0.2, -0.15) is 0 Å². The molecule has 0 radical (unpaired) electrons. The maximum atomic E-state index is 11.0. The third kappa shape index (κ3) is 4.49. The monoisotopic (exact) mass is 207 g/mol. The standard InChI is InChI=1S/C12H17NO2/c1-3-15-12(14)8-9-13-11-6-4-10(2)5-7-11/h4-7,13H,3,8-9H2,1-2H3. The first-order valence-electron chi connectivity index (χ1n) is 5.18. The van der Waals surface area contributed by atoms with Gasteiger partial charge in [0.05, 0.1) is 13.0 Å². The van der Waals surface area contributed by atoms with Crippen LogP contribution in [0.1, 0.15) is 18.9 Å². The molecule has 15 heavy (non-hydrogen) atoms. The van der Waals surface area contributed by atoms with Crippen LogP contribution in [-0.2, 0) is 9.53 Å². The van der Waals surface area contributed by atoms with Crippen LogP contribution >= 0.6 is 0 Å². The van der Waals surface area contributed by atoms with E-state index in [1.807, 2.05) is 38.1 Å². The first kappa shape index (κ1) is 11.6. The van der Waals surface area contributed by atoms with Gasteiger partial charge in [-0.1, -0.05) is 17.7 Å². The SMILES string of the molecule is CCOC(=O)CCNc1ccc(C)cc1. The smallest absolute Gasteiger partial charge is 0.307 e. The molecule has 0 spiro atoms. The second kappa shape index (κ2) is 6.06. The summed E-state index contributed by atoms with van der Waals surface area (Å²) in [6.07, 6.45) is 0.404. The van der Waals surface area contributed by atoms with Gasteiger partial charge >= 0.3 is 5.97 Å². The van der Waals surface area contributed by atoms with Crippen LogP contribution in [0.15, 0.2) is 24.3 Å². The summed E-state index contributed by atoms with van der Waals surface area (Å²) in [5.74, 6) is -0.155. The van der Waals surface area contributed by atoms with Crippen molar-refractivity contribution in [2.24, 2.45) is 0 Å². The normalized spacial score (nSPS) is 9.73. The minimum atomic E-state index is -0.155. The van der Waals surface area contributed by atoms with Gasteiger partial charge in [-0.25, -0.2) is 0 Å². The van der Waals surface area contributed by atoms with Crippen LogP contribution in [-0.4, -0.2) is 19.1 Å². The predicted octanol–water partition coefficient (Wildman–Crippen LogP) is 2.36. The second-order valence-electron chi connectivity index (χ2n) is 3.35. The van der Waals surface area contributed by atoms with Gasteiger partial charge in [0.1, 0.15) is 0 Å². The average molecular weight is 207 g/mol. The topological polar surface area (TPSA) is 38.3 Å². The van der Waals surface area contributed by atoms with Crippen molar-refractivity contribution in [3.05, 3.63) is 29.8 Å². The first-order valence-corrected chi connectivity index (χ1v) is 5.18. The Morgan fingerprint density at radius 2 is 2.00 bits per heavy atom. The molecule has 82 valence electrons. The summed E-state index contributed by atoms with van der Waals surface area (Å²) >= 11 is 0. The molecular weight excluding hydrogens is 190 g/mol. The van der Waals surface area contributed by atoms with E-state index in [1.165, 1.54) is 5.56 Å². The van der Waals surface area contributed by atoms with E-state index in [1.54, 1.807) is 0 Å². The van der Waals surface area contributed by atoms with Crippen molar-refractivity contribution < 1.29 is 9.53 Å². The minimum absolute atomic E-state index is 0.155. The van der Waals surface area contributed by atoms with E-state index in [0.717, 1.165) is 5.69 Å². The van der Waals surface area contributed by atoms with Crippen LogP contribution in [0.3, 0.4) is 0 Å². The van der Waals surface area contributed by atoms with Crippen molar-refractivity contribution >= 4 is 11.7 Å². The highest BCUT2D eigenvalue weighted by Crippen LogP contribution is 2.08. The van der Waals surface area contributed by atoms with E-state index in [2.05, 4.69) is 5.32 Å². The van der Waals surface area contributed by atoms with Gasteiger partial charge < -0.3 is 10.1 Å². The lowest BCUT2D eigenvalue weighted by atomic mass is 10.2. The molecule has 0 bridgehead atoms. The van der Waals surface area contributed by atoms with Gasteiger partial charge in [0.15, 0.2) is 0 Å². The Morgan fingerprint density at radius 1 is 1.33 bits per heavy atom. The number of anilines is 1. The molecule has 0 aliphatic rings. The van der Waals surface area contributed by atoms with Crippen molar-refractivity contribution in [3.63, 3.8) is 0 Å². The van der Waals surface area contributed by atoms with E-state index in [0.29, 0.717) is 19.6 Å². The zero-order valence-corrected chi connectivity index (χ0v) is 9.25. The number of benzene rings is 1. The molecule has 0 atom stereocenters. The molecular formula is C12H17NO2. The van der Waals surface area contributed by atoms with Crippen molar-refractivity contribution in [1.82, 2.24) is 0 Å². The highest BCUT2D eigenvalue weighted by atomic mass is 16.5. The number of hydrogen-bond acceptors (Lipinski definition) is 3. The molecule has 0 aliphatic heterocycles. The molecule has 0 saturated heterocycles. The maximum Gasteiger partial charge on any atom is 0.307 e. The fourth-order valence-electron chi connectivity index (χ4n) is 1.21. The van der Waals surface area contributed by atoms with Crippen LogP contribution in [0.5, 0.6) is 0 Å². The number of nitrogens with one attached hydrogen (secondary N) is 1. The van der Waals surface area contributed by atoms with Crippen molar-refractivity contribution in [3.8, 4) is 0 Å². The summed E-state index contributed by atoms with van der Waals surface area (Å²) in [5, 5.41) is 3.16. The predicted molar refractivity (Wildman–Crippen MR) is 60.9 cm³/mol. The Balaban J connectivity index is 2.26. The van der Waals surface area contributed by atoms with Gasteiger partial charge in [0, 0.05) is 12.2 Å². The summed E-state index contributed by atoms with van der Waals surface area (Å²) < 4.78 is 4.82. The summed E-state index contributed by atoms with van der Waals surface area (Å²) in [7, 11) is 0. The Hall–Kier alpha value is -1.51. The fraction of sp³-hybridized carbons (Fsp3) is 0.417. The number of aryl methyl sites for hydroxylation is 1. The largest absolute Gasteiger partial charge is 0.466 e. The van der Waals surface area contributed by atoms with Crippen LogP contribution in [0, 0.1) is 6.92 Å². The van der Waals surface area contributed by atoms with E-state index in [4.69, 9.17) is 4.74 Å². The van der Waals surface area contributed by atoms with Crippen LogP contribution in [0.2, 0.25) is 0 Å².